The molecule has 0 aliphatic carbocycles. The molecule has 2 atom stereocenters. The Kier molecular flexibility index (Phi) is 5.66. The van der Waals surface area contributed by atoms with Crippen molar-refractivity contribution in [3.05, 3.63) is 18.2 Å². The predicted molar refractivity (Wildman–Crippen MR) is 97.7 cm³/mol. The van der Waals surface area contributed by atoms with Crippen molar-refractivity contribution in [2.45, 2.75) is 31.3 Å². The number of amides is 1. The molecule has 1 amide bonds. The lowest BCUT2D eigenvalue weighted by Gasteiger charge is -2.33. The van der Waals surface area contributed by atoms with Crippen LogP contribution < -0.4 is 25.1 Å². The third kappa shape index (κ3) is 4.28. The van der Waals surface area contributed by atoms with E-state index in [2.05, 4.69) is 10.9 Å². The molecule has 3 aliphatic heterocycles. The maximum Gasteiger partial charge on any atom is 0.241 e. The zero-order valence-electron chi connectivity index (χ0n) is 15.6. The SMILES string of the molecule is COCC1CCN(C(=O)C2CC(COc3ccc4c(c3)OCO4)NN2)CC1. The second-order valence-corrected chi connectivity index (χ2v) is 7.32. The monoisotopic (exact) mass is 377 g/mol. The van der Waals surface area contributed by atoms with Crippen LogP contribution in [-0.4, -0.2) is 63.1 Å². The number of nitrogens with one attached hydrogen (secondary N) is 2. The molecule has 2 fully saturated rings. The van der Waals surface area contributed by atoms with E-state index in [1.165, 1.54) is 0 Å². The Hall–Kier alpha value is -2.03. The Bertz CT molecular complexity index is 663. The average molecular weight is 377 g/mol. The molecular weight excluding hydrogens is 350 g/mol. The molecule has 3 heterocycles. The minimum absolute atomic E-state index is 0.0791. The molecule has 0 radical (unpaired) electrons. The van der Waals surface area contributed by atoms with Gasteiger partial charge in [-0.25, -0.2) is 5.43 Å². The minimum Gasteiger partial charge on any atom is -0.492 e. The Balaban J connectivity index is 1.22. The number of fused-ring (bicyclic) bond motifs is 1. The van der Waals surface area contributed by atoms with Crippen LogP contribution in [0.3, 0.4) is 0 Å². The summed E-state index contributed by atoms with van der Waals surface area (Å²) >= 11 is 0. The summed E-state index contributed by atoms with van der Waals surface area (Å²) < 4.78 is 21.7. The fraction of sp³-hybridized carbons (Fsp3) is 0.632. The van der Waals surface area contributed by atoms with Crippen LogP contribution in [0.25, 0.3) is 0 Å². The highest BCUT2D eigenvalue weighted by Gasteiger charge is 2.34. The third-order valence-electron chi connectivity index (χ3n) is 5.40. The Morgan fingerprint density at radius 1 is 1.19 bits per heavy atom. The van der Waals surface area contributed by atoms with Crippen molar-refractivity contribution in [3.8, 4) is 17.2 Å². The van der Waals surface area contributed by atoms with Crippen molar-refractivity contribution in [3.63, 3.8) is 0 Å². The van der Waals surface area contributed by atoms with Gasteiger partial charge in [0.1, 0.15) is 18.4 Å². The number of benzene rings is 1. The van der Waals surface area contributed by atoms with E-state index >= 15 is 0 Å². The lowest BCUT2D eigenvalue weighted by Crippen LogP contribution is -2.48. The molecule has 27 heavy (non-hydrogen) atoms. The summed E-state index contributed by atoms with van der Waals surface area (Å²) in [6, 6.07) is 5.42. The summed E-state index contributed by atoms with van der Waals surface area (Å²) in [5.74, 6) is 2.91. The van der Waals surface area contributed by atoms with Gasteiger partial charge in [0.05, 0.1) is 6.04 Å². The maximum atomic E-state index is 12.7. The molecular formula is C19H27N3O5. The topological polar surface area (TPSA) is 81.3 Å². The van der Waals surface area contributed by atoms with E-state index in [9.17, 15) is 4.79 Å². The molecule has 2 saturated heterocycles. The highest BCUT2D eigenvalue weighted by atomic mass is 16.7. The van der Waals surface area contributed by atoms with Gasteiger partial charge in [0.2, 0.25) is 12.7 Å². The molecule has 1 aromatic carbocycles. The molecule has 0 spiro atoms. The van der Waals surface area contributed by atoms with Gasteiger partial charge in [0.25, 0.3) is 0 Å². The zero-order chi connectivity index (χ0) is 18.6. The average Bonchev–Trinajstić information content (AvgIpc) is 3.35. The summed E-state index contributed by atoms with van der Waals surface area (Å²) in [5, 5.41) is 0. The molecule has 8 nitrogen and oxygen atoms in total. The number of methoxy groups -OCH3 is 1. The molecule has 2 unspecified atom stereocenters. The summed E-state index contributed by atoms with van der Waals surface area (Å²) in [5.41, 5.74) is 6.31. The lowest BCUT2D eigenvalue weighted by molar-refractivity contribution is -0.134. The van der Waals surface area contributed by atoms with E-state index in [-0.39, 0.29) is 24.8 Å². The van der Waals surface area contributed by atoms with Crippen molar-refractivity contribution in [1.29, 1.82) is 0 Å². The van der Waals surface area contributed by atoms with Crippen molar-refractivity contribution in [1.82, 2.24) is 15.8 Å². The molecule has 4 rings (SSSR count). The van der Waals surface area contributed by atoms with E-state index in [0.717, 1.165) is 44.0 Å². The van der Waals surface area contributed by atoms with Crippen LogP contribution in [0.5, 0.6) is 17.2 Å². The largest absolute Gasteiger partial charge is 0.492 e. The van der Waals surface area contributed by atoms with Crippen LogP contribution in [0.4, 0.5) is 0 Å². The van der Waals surface area contributed by atoms with Crippen LogP contribution in [0.15, 0.2) is 18.2 Å². The fourth-order valence-electron chi connectivity index (χ4n) is 3.83. The van der Waals surface area contributed by atoms with Gasteiger partial charge in [0.15, 0.2) is 11.5 Å². The van der Waals surface area contributed by atoms with Crippen LogP contribution >= 0.6 is 0 Å². The van der Waals surface area contributed by atoms with E-state index < -0.39 is 0 Å². The number of carbonyl (C=O) groups is 1. The van der Waals surface area contributed by atoms with E-state index in [0.29, 0.717) is 24.7 Å². The summed E-state index contributed by atoms with van der Waals surface area (Å²) in [6.45, 7) is 3.13. The number of ether oxygens (including phenoxy) is 4. The fourth-order valence-corrected chi connectivity index (χ4v) is 3.83. The van der Waals surface area contributed by atoms with Gasteiger partial charge >= 0.3 is 0 Å². The lowest BCUT2D eigenvalue weighted by atomic mass is 9.97. The molecule has 3 aliphatic rings. The number of carbonyl (C=O) groups excluding carboxylic acids is 1. The van der Waals surface area contributed by atoms with Gasteiger partial charge in [-0.2, -0.15) is 0 Å². The second-order valence-electron chi connectivity index (χ2n) is 7.32. The Morgan fingerprint density at radius 2 is 2.00 bits per heavy atom. The minimum atomic E-state index is -0.200. The van der Waals surface area contributed by atoms with Crippen LogP contribution in [0.1, 0.15) is 19.3 Å². The molecule has 8 heteroatoms. The van der Waals surface area contributed by atoms with Crippen LogP contribution in [0, 0.1) is 5.92 Å². The van der Waals surface area contributed by atoms with Gasteiger partial charge < -0.3 is 23.8 Å². The number of likely N-dealkylation sites (tertiary alicyclic amines) is 1. The summed E-state index contributed by atoms with van der Waals surface area (Å²) in [7, 11) is 1.73. The van der Waals surface area contributed by atoms with E-state index in [1.807, 2.05) is 23.1 Å². The zero-order valence-corrected chi connectivity index (χ0v) is 15.6. The van der Waals surface area contributed by atoms with Gasteiger partial charge in [0, 0.05) is 32.9 Å². The van der Waals surface area contributed by atoms with Crippen molar-refractivity contribution >= 4 is 5.91 Å². The van der Waals surface area contributed by atoms with Gasteiger partial charge in [-0.15, -0.1) is 0 Å². The highest BCUT2D eigenvalue weighted by Crippen LogP contribution is 2.35. The Morgan fingerprint density at radius 3 is 2.81 bits per heavy atom. The first-order chi connectivity index (χ1) is 13.2. The van der Waals surface area contributed by atoms with E-state index in [1.54, 1.807) is 7.11 Å². The number of nitrogens with zero attached hydrogens (tertiary/aromatic N) is 1. The Labute approximate surface area is 159 Å². The summed E-state index contributed by atoms with van der Waals surface area (Å²) in [4.78, 5) is 14.7. The molecule has 148 valence electrons. The smallest absolute Gasteiger partial charge is 0.241 e. The normalized spacial score (nSPS) is 25.0. The van der Waals surface area contributed by atoms with Crippen molar-refractivity contribution in [2.75, 3.05) is 40.2 Å². The first-order valence-electron chi connectivity index (χ1n) is 9.54. The number of hydrogen-bond donors (Lipinski definition) is 2. The molecule has 1 aromatic rings. The molecule has 0 aromatic heterocycles. The van der Waals surface area contributed by atoms with Crippen molar-refractivity contribution in [2.24, 2.45) is 5.92 Å². The number of hydrazine groups is 1. The van der Waals surface area contributed by atoms with Crippen LogP contribution in [-0.2, 0) is 9.53 Å². The van der Waals surface area contributed by atoms with Gasteiger partial charge in [-0.05, 0) is 37.3 Å². The number of hydrogen-bond acceptors (Lipinski definition) is 7. The standard InChI is InChI=1S/C19H27N3O5/c1-24-10-13-4-6-22(7-5-13)19(23)16-8-14(20-21-16)11-25-15-2-3-17-18(9-15)27-12-26-17/h2-3,9,13-14,16,20-21H,4-8,10-12H2,1H3. The second kappa shape index (κ2) is 8.33. The number of rotatable bonds is 6. The summed E-state index contributed by atoms with van der Waals surface area (Å²) in [6.07, 6.45) is 2.73. The third-order valence-corrected chi connectivity index (χ3v) is 5.40. The quantitative estimate of drug-likeness (QED) is 0.763. The number of piperidine rings is 1. The van der Waals surface area contributed by atoms with Crippen LogP contribution in [0.2, 0.25) is 0 Å². The maximum absolute atomic E-state index is 12.7. The van der Waals surface area contributed by atoms with Gasteiger partial charge in [-0.1, -0.05) is 0 Å². The molecule has 2 N–H and O–H groups in total. The predicted octanol–water partition coefficient (Wildman–Crippen LogP) is 0.914. The first-order valence-corrected chi connectivity index (χ1v) is 9.54. The van der Waals surface area contributed by atoms with Gasteiger partial charge in [-0.3, -0.25) is 10.2 Å². The van der Waals surface area contributed by atoms with Crippen molar-refractivity contribution < 1.29 is 23.7 Å². The molecule has 0 saturated carbocycles. The highest BCUT2D eigenvalue weighted by molar-refractivity contribution is 5.82. The first kappa shape index (κ1) is 18.3. The van der Waals surface area contributed by atoms with E-state index in [4.69, 9.17) is 18.9 Å². The molecule has 0 bridgehead atoms.